The van der Waals surface area contributed by atoms with Crippen LogP contribution >= 0.6 is 0 Å². The molecule has 0 radical (unpaired) electrons. The Balaban J connectivity index is 2.02. The third kappa shape index (κ3) is 2.15. The Hall–Kier alpha value is -2.30. The highest BCUT2D eigenvalue weighted by Gasteiger charge is 2.25. The Morgan fingerprint density at radius 3 is 2.95 bits per heavy atom. The molecule has 4 N–H and O–H groups in total. The summed E-state index contributed by atoms with van der Waals surface area (Å²) in [5.41, 5.74) is 13.3. The van der Waals surface area contributed by atoms with E-state index in [1.165, 1.54) is 0 Å². The van der Waals surface area contributed by atoms with Crippen molar-refractivity contribution in [3.63, 3.8) is 0 Å². The lowest BCUT2D eigenvalue weighted by atomic mass is 9.96. The minimum Gasteiger partial charge on any atom is -0.398 e. The number of fused-ring (bicyclic) bond motifs is 1. The maximum absolute atomic E-state index is 11.4. The smallest absolute Gasteiger partial charge is 0.222 e. The molecular weight excluding hydrogens is 252 g/mol. The molecule has 3 rings (SSSR count). The molecule has 1 unspecified atom stereocenters. The van der Waals surface area contributed by atoms with Gasteiger partial charge in [-0.2, -0.15) is 0 Å². The number of carbonyl (C=O) groups excluding carboxylic acids is 1. The lowest BCUT2D eigenvalue weighted by Gasteiger charge is -2.33. The van der Waals surface area contributed by atoms with Gasteiger partial charge in [0.05, 0.1) is 5.92 Å². The van der Waals surface area contributed by atoms with Crippen LogP contribution in [0.1, 0.15) is 12.8 Å². The van der Waals surface area contributed by atoms with E-state index in [2.05, 4.69) is 9.88 Å². The topological polar surface area (TPSA) is 85.2 Å². The second-order valence-electron chi connectivity index (χ2n) is 5.28. The summed E-state index contributed by atoms with van der Waals surface area (Å²) < 4.78 is 0. The third-order valence-electron chi connectivity index (χ3n) is 3.99. The Bertz CT molecular complexity index is 655. The predicted octanol–water partition coefficient (Wildman–Crippen LogP) is 1.52. The zero-order chi connectivity index (χ0) is 14.1. The number of hydrogen-bond acceptors (Lipinski definition) is 4. The van der Waals surface area contributed by atoms with E-state index >= 15 is 0 Å². The van der Waals surface area contributed by atoms with Crippen LogP contribution in [0.25, 0.3) is 10.8 Å². The number of nitrogens with zero attached hydrogens (tertiary/aromatic N) is 2. The van der Waals surface area contributed by atoms with E-state index in [1.54, 1.807) is 6.20 Å². The zero-order valence-electron chi connectivity index (χ0n) is 11.2. The van der Waals surface area contributed by atoms with Gasteiger partial charge in [-0.1, -0.05) is 0 Å². The van der Waals surface area contributed by atoms with Crippen LogP contribution in [-0.2, 0) is 4.79 Å². The van der Waals surface area contributed by atoms with E-state index in [9.17, 15) is 4.79 Å². The fraction of sp³-hybridized carbons (Fsp3) is 0.333. The molecule has 2 heterocycles. The number of anilines is 2. The van der Waals surface area contributed by atoms with Gasteiger partial charge in [-0.15, -0.1) is 0 Å². The van der Waals surface area contributed by atoms with Gasteiger partial charge in [0.25, 0.3) is 0 Å². The Labute approximate surface area is 117 Å². The van der Waals surface area contributed by atoms with Gasteiger partial charge in [0.2, 0.25) is 5.91 Å². The second-order valence-corrected chi connectivity index (χ2v) is 5.28. The fourth-order valence-corrected chi connectivity index (χ4v) is 2.90. The minimum atomic E-state index is -0.215. The van der Waals surface area contributed by atoms with E-state index in [4.69, 9.17) is 11.5 Å². The summed E-state index contributed by atoms with van der Waals surface area (Å²) in [6.07, 6.45) is 5.41. The van der Waals surface area contributed by atoms with Crippen molar-refractivity contribution in [3.05, 3.63) is 30.6 Å². The van der Waals surface area contributed by atoms with E-state index in [-0.39, 0.29) is 11.8 Å². The molecule has 1 aliphatic rings. The van der Waals surface area contributed by atoms with Crippen molar-refractivity contribution >= 4 is 28.1 Å². The highest BCUT2D eigenvalue weighted by atomic mass is 16.1. The highest BCUT2D eigenvalue weighted by Crippen LogP contribution is 2.32. The second kappa shape index (κ2) is 5.00. The Morgan fingerprint density at radius 2 is 2.15 bits per heavy atom. The summed E-state index contributed by atoms with van der Waals surface area (Å²) in [6.45, 7) is 1.60. The van der Waals surface area contributed by atoms with Gasteiger partial charge in [-0.3, -0.25) is 9.78 Å². The molecule has 1 atom stereocenters. The van der Waals surface area contributed by atoms with Gasteiger partial charge in [-0.05, 0) is 31.0 Å². The molecule has 5 nitrogen and oxygen atoms in total. The molecule has 0 spiro atoms. The average molecular weight is 270 g/mol. The molecule has 0 aliphatic carbocycles. The molecule has 104 valence electrons. The summed E-state index contributed by atoms with van der Waals surface area (Å²) >= 11 is 0. The number of carbonyl (C=O) groups is 1. The molecule has 5 heteroatoms. The lowest BCUT2D eigenvalue weighted by Crippen LogP contribution is -2.41. The summed E-state index contributed by atoms with van der Waals surface area (Å²) in [5, 5.41) is 2.02. The van der Waals surface area contributed by atoms with Crippen LogP contribution < -0.4 is 16.4 Å². The van der Waals surface area contributed by atoms with Gasteiger partial charge < -0.3 is 16.4 Å². The molecule has 1 fully saturated rings. The molecule has 1 amide bonds. The van der Waals surface area contributed by atoms with Crippen molar-refractivity contribution in [2.45, 2.75) is 12.8 Å². The maximum Gasteiger partial charge on any atom is 0.222 e. The van der Waals surface area contributed by atoms with Crippen LogP contribution in [0.3, 0.4) is 0 Å². The van der Waals surface area contributed by atoms with Gasteiger partial charge in [0, 0.05) is 47.6 Å². The van der Waals surface area contributed by atoms with Crippen LogP contribution in [0.2, 0.25) is 0 Å². The van der Waals surface area contributed by atoms with Crippen LogP contribution in [-0.4, -0.2) is 24.0 Å². The summed E-state index contributed by atoms with van der Waals surface area (Å²) in [6, 6.07) is 5.83. The molecule has 20 heavy (non-hydrogen) atoms. The molecule has 0 saturated carbocycles. The molecule has 1 saturated heterocycles. The molecule has 1 aromatic heterocycles. The Morgan fingerprint density at radius 1 is 1.30 bits per heavy atom. The number of pyridine rings is 1. The van der Waals surface area contributed by atoms with Crippen LogP contribution in [0.5, 0.6) is 0 Å². The number of rotatable bonds is 2. The standard InChI is InChI=1S/C15H18N4O/c16-13-3-4-14(12-8-18-6-5-11(12)13)19-7-1-2-10(9-19)15(17)20/h3-6,8,10H,1-2,7,9,16H2,(H2,17,20). The van der Waals surface area contributed by atoms with Crippen molar-refractivity contribution < 1.29 is 4.79 Å². The molecule has 1 aromatic carbocycles. The van der Waals surface area contributed by atoms with Crippen LogP contribution in [0.15, 0.2) is 30.6 Å². The van der Waals surface area contributed by atoms with Gasteiger partial charge in [0.15, 0.2) is 0 Å². The summed E-state index contributed by atoms with van der Waals surface area (Å²) in [4.78, 5) is 17.8. The molecular formula is C15H18N4O. The van der Waals surface area contributed by atoms with Gasteiger partial charge >= 0.3 is 0 Å². The first kappa shape index (κ1) is 12.7. The summed E-state index contributed by atoms with van der Waals surface area (Å²) in [5.74, 6) is -0.291. The number of amides is 1. The first-order valence-electron chi connectivity index (χ1n) is 6.83. The highest BCUT2D eigenvalue weighted by molar-refractivity contribution is 6.01. The predicted molar refractivity (Wildman–Crippen MR) is 80.3 cm³/mol. The number of piperidine rings is 1. The monoisotopic (exact) mass is 270 g/mol. The number of aromatic nitrogens is 1. The maximum atomic E-state index is 11.4. The first-order valence-corrected chi connectivity index (χ1v) is 6.83. The SMILES string of the molecule is NC(=O)C1CCCN(c2ccc(N)c3ccncc23)C1. The first-order chi connectivity index (χ1) is 9.66. The normalized spacial score (nSPS) is 19.2. The van der Waals surface area contributed by atoms with E-state index in [1.807, 2.05) is 24.4 Å². The fourth-order valence-electron chi connectivity index (χ4n) is 2.90. The minimum absolute atomic E-state index is 0.0759. The number of hydrogen-bond donors (Lipinski definition) is 2. The average Bonchev–Trinajstić information content (AvgIpc) is 2.48. The molecule has 1 aliphatic heterocycles. The van der Waals surface area contributed by atoms with E-state index in [0.29, 0.717) is 6.54 Å². The van der Waals surface area contributed by atoms with Crippen molar-refractivity contribution in [3.8, 4) is 0 Å². The van der Waals surface area contributed by atoms with Crippen LogP contribution in [0, 0.1) is 5.92 Å². The summed E-state index contributed by atoms with van der Waals surface area (Å²) in [7, 11) is 0. The van der Waals surface area contributed by atoms with Gasteiger partial charge in [-0.25, -0.2) is 0 Å². The van der Waals surface area contributed by atoms with Crippen molar-refractivity contribution in [2.75, 3.05) is 23.7 Å². The molecule has 2 aromatic rings. The third-order valence-corrected chi connectivity index (χ3v) is 3.99. The largest absolute Gasteiger partial charge is 0.398 e. The number of nitrogen functional groups attached to an aromatic ring is 1. The van der Waals surface area contributed by atoms with Crippen molar-refractivity contribution in [1.29, 1.82) is 0 Å². The number of nitrogens with two attached hydrogens (primary N) is 2. The van der Waals surface area contributed by atoms with Crippen molar-refractivity contribution in [1.82, 2.24) is 4.98 Å². The lowest BCUT2D eigenvalue weighted by molar-refractivity contribution is -0.122. The quantitative estimate of drug-likeness (QED) is 0.810. The molecule has 0 bridgehead atoms. The number of benzene rings is 1. The zero-order valence-corrected chi connectivity index (χ0v) is 11.2. The van der Waals surface area contributed by atoms with E-state index < -0.39 is 0 Å². The van der Waals surface area contributed by atoms with Crippen molar-refractivity contribution in [2.24, 2.45) is 11.7 Å². The van der Waals surface area contributed by atoms with E-state index in [0.717, 1.165) is 41.5 Å². The number of primary amides is 1. The van der Waals surface area contributed by atoms with Crippen LogP contribution in [0.4, 0.5) is 11.4 Å². The Kier molecular flexibility index (Phi) is 3.18. The van der Waals surface area contributed by atoms with Gasteiger partial charge in [0.1, 0.15) is 0 Å².